The van der Waals surface area contributed by atoms with Crippen LogP contribution in [0.5, 0.6) is 0 Å². The highest BCUT2D eigenvalue weighted by molar-refractivity contribution is 7.07. The predicted molar refractivity (Wildman–Crippen MR) is 62.0 cm³/mol. The van der Waals surface area contributed by atoms with Crippen LogP contribution >= 0.6 is 11.3 Å². The zero-order valence-corrected chi connectivity index (χ0v) is 9.93. The van der Waals surface area contributed by atoms with E-state index in [0.717, 1.165) is 5.69 Å². The Hall–Kier alpha value is -0.450. The zero-order valence-electron chi connectivity index (χ0n) is 9.11. The van der Waals surface area contributed by atoms with E-state index in [0.29, 0.717) is 18.8 Å². The third kappa shape index (κ3) is 3.00. The average Bonchev–Trinajstić information content (AvgIpc) is 2.79. The van der Waals surface area contributed by atoms with Gasteiger partial charge >= 0.3 is 0 Å². The molecule has 1 aromatic rings. The molecule has 0 aromatic carbocycles. The Morgan fingerprint density at radius 2 is 2.40 bits per heavy atom. The Morgan fingerprint density at radius 3 is 3.13 bits per heavy atom. The second-order valence-corrected chi connectivity index (χ2v) is 4.73. The van der Waals surface area contributed by atoms with E-state index in [1.54, 1.807) is 11.3 Å². The second-order valence-electron chi connectivity index (χ2n) is 4.01. The Morgan fingerprint density at radius 1 is 1.53 bits per heavy atom. The van der Waals surface area contributed by atoms with Gasteiger partial charge in [-0.2, -0.15) is 0 Å². The third-order valence-electron chi connectivity index (χ3n) is 3.00. The lowest BCUT2D eigenvalue weighted by molar-refractivity contribution is -0.00481. The molecular formula is C11H18N2OS. The van der Waals surface area contributed by atoms with E-state index < -0.39 is 0 Å². The van der Waals surface area contributed by atoms with Gasteiger partial charge in [-0.1, -0.05) is 12.8 Å². The van der Waals surface area contributed by atoms with Gasteiger partial charge in [0.1, 0.15) is 0 Å². The van der Waals surface area contributed by atoms with Crippen molar-refractivity contribution in [2.45, 2.75) is 44.4 Å². The number of hydrogen-bond donors (Lipinski definition) is 1. The van der Waals surface area contributed by atoms with Gasteiger partial charge < -0.3 is 10.1 Å². The van der Waals surface area contributed by atoms with Gasteiger partial charge in [-0.15, -0.1) is 11.3 Å². The quantitative estimate of drug-likeness (QED) is 0.854. The number of rotatable bonds is 4. The van der Waals surface area contributed by atoms with Crippen molar-refractivity contribution in [3.05, 3.63) is 16.6 Å². The number of ether oxygens (including phenoxy) is 1. The molecule has 0 radical (unpaired) electrons. The molecule has 0 saturated heterocycles. The maximum absolute atomic E-state index is 5.91. The lowest BCUT2D eigenvalue weighted by Crippen LogP contribution is -2.41. The molecule has 1 aliphatic carbocycles. The molecule has 1 N–H and O–H groups in total. The van der Waals surface area contributed by atoms with Crippen molar-refractivity contribution >= 4 is 11.3 Å². The molecule has 1 heterocycles. The maximum Gasteiger partial charge on any atom is 0.0900 e. The van der Waals surface area contributed by atoms with E-state index in [-0.39, 0.29) is 0 Å². The molecule has 84 valence electrons. The third-order valence-corrected chi connectivity index (χ3v) is 3.64. The average molecular weight is 226 g/mol. The first-order valence-corrected chi connectivity index (χ1v) is 6.50. The minimum atomic E-state index is 0.366. The molecule has 1 saturated carbocycles. The fraction of sp³-hybridized carbons (Fsp3) is 0.727. The smallest absolute Gasteiger partial charge is 0.0900 e. The summed E-state index contributed by atoms with van der Waals surface area (Å²) in [6.45, 7) is 0.659. The van der Waals surface area contributed by atoms with Crippen LogP contribution in [0.3, 0.4) is 0 Å². The Kier molecular flexibility index (Phi) is 4.11. The van der Waals surface area contributed by atoms with E-state index in [1.807, 2.05) is 12.6 Å². The first kappa shape index (κ1) is 11.0. The van der Waals surface area contributed by atoms with Crippen LogP contribution in [-0.4, -0.2) is 24.2 Å². The number of likely N-dealkylation sites (N-methyl/N-ethyl adjacent to an activating group) is 1. The molecule has 2 atom stereocenters. The van der Waals surface area contributed by atoms with Crippen molar-refractivity contribution in [2.75, 3.05) is 7.05 Å². The summed E-state index contributed by atoms with van der Waals surface area (Å²) in [5, 5.41) is 5.39. The standard InChI is InChI=1S/C11H18N2OS/c1-12-10-4-2-3-5-11(10)14-6-9-7-15-8-13-9/h7-8,10-12H,2-6H2,1H3. The van der Waals surface area contributed by atoms with Gasteiger partial charge in [0.05, 0.1) is 23.9 Å². The molecule has 4 heteroatoms. The minimum Gasteiger partial charge on any atom is -0.370 e. The summed E-state index contributed by atoms with van der Waals surface area (Å²) in [6, 6.07) is 0.525. The van der Waals surface area contributed by atoms with Crippen molar-refractivity contribution in [2.24, 2.45) is 0 Å². The van der Waals surface area contributed by atoms with Crippen LogP contribution in [-0.2, 0) is 11.3 Å². The molecular weight excluding hydrogens is 208 g/mol. The van der Waals surface area contributed by atoms with Gasteiger partial charge in [0, 0.05) is 11.4 Å². The highest BCUT2D eigenvalue weighted by Gasteiger charge is 2.24. The molecule has 2 unspecified atom stereocenters. The summed E-state index contributed by atoms with van der Waals surface area (Å²) < 4.78 is 5.91. The summed E-state index contributed by atoms with van der Waals surface area (Å²) in [7, 11) is 2.02. The fourth-order valence-electron chi connectivity index (χ4n) is 2.13. The molecule has 0 aliphatic heterocycles. The lowest BCUT2D eigenvalue weighted by atomic mass is 9.92. The summed E-state index contributed by atoms with van der Waals surface area (Å²) in [5.41, 5.74) is 2.91. The van der Waals surface area contributed by atoms with Crippen LogP contribution in [0.25, 0.3) is 0 Å². The molecule has 1 aliphatic rings. The first-order chi connectivity index (χ1) is 7.40. The summed E-state index contributed by atoms with van der Waals surface area (Å²) >= 11 is 1.63. The van der Waals surface area contributed by atoms with Gasteiger partial charge in [-0.25, -0.2) is 4.98 Å². The number of hydrogen-bond acceptors (Lipinski definition) is 4. The van der Waals surface area contributed by atoms with Crippen molar-refractivity contribution in [3.8, 4) is 0 Å². The van der Waals surface area contributed by atoms with Crippen LogP contribution in [0.1, 0.15) is 31.4 Å². The minimum absolute atomic E-state index is 0.366. The van der Waals surface area contributed by atoms with Crippen molar-refractivity contribution in [3.63, 3.8) is 0 Å². The normalized spacial score (nSPS) is 26.7. The highest BCUT2D eigenvalue weighted by atomic mass is 32.1. The molecule has 2 rings (SSSR count). The van der Waals surface area contributed by atoms with Crippen molar-refractivity contribution in [1.29, 1.82) is 0 Å². The number of thiazole rings is 1. The molecule has 0 spiro atoms. The van der Waals surface area contributed by atoms with Gasteiger partial charge in [-0.05, 0) is 19.9 Å². The summed E-state index contributed by atoms with van der Waals surface area (Å²) in [6.07, 6.45) is 5.39. The Labute approximate surface area is 94.9 Å². The van der Waals surface area contributed by atoms with Gasteiger partial charge in [-0.3, -0.25) is 0 Å². The van der Waals surface area contributed by atoms with Gasteiger partial charge in [0.2, 0.25) is 0 Å². The van der Waals surface area contributed by atoms with Crippen LogP contribution < -0.4 is 5.32 Å². The number of aromatic nitrogens is 1. The summed E-state index contributed by atoms with van der Waals surface area (Å²) in [4.78, 5) is 4.22. The Bertz CT molecular complexity index is 276. The van der Waals surface area contributed by atoms with Gasteiger partial charge in [0.15, 0.2) is 0 Å². The number of nitrogens with one attached hydrogen (secondary N) is 1. The van der Waals surface area contributed by atoms with Crippen LogP contribution in [0.2, 0.25) is 0 Å². The maximum atomic E-state index is 5.91. The highest BCUT2D eigenvalue weighted by Crippen LogP contribution is 2.22. The van der Waals surface area contributed by atoms with E-state index in [4.69, 9.17) is 4.74 Å². The molecule has 15 heavy (non-hydrogen) atoms. The fourth-order valence-corrected chi connectivity index (χ4v) is 2.67. The summed E-state index contributed by atoms with van der Waals surface area (Å²) in [5.74, 6) is 0. The van der Waals surface area contributed by atoms with E-state index >= 15 is 0 Å². The number of nitrogens with zero attached hydrogens (tertiary/aromatic N) is 1. The van der Waals surface area contributed by atoms with E-state index in [9.17, 15) is 0 Å². The SMILES string of the molecule is CNC1CCCCC1OCc1cscn1. The monoisotopic (exact) mass is 226 g/mol. The van der Waals surface area contributed by atoms with Crippen LogP contribution in [0.15, 0.2) is 10.9 Å². The lowest BCUT2D eigenvalue weighted by Gasteiger charge is -2.30. The second kappa shape index (κ2) is 5.58. The first-order valence-electron chi connectivity index (χ1n) is 5.56. The molecule has 0 bridgehead atoms. The van der Waals surface area contributed by atoms with Crippen molar-refractivity contribution < 1.29 is 4.74 Å². The molecule has 0 amide bonds. The van der Waals surface area contributed by atoms with E-state index in [2.05, 4.69) is 15.7 Å². The van der Waals surface area contributed by atoms with Crippen molar-refractivity contribution in [1.82, 2.24) is 10.3 Å². The molecule has 1 aromatic heterocycles. The van der Waals surface area contributed by atoms with Crippen LogP contribution in [0, 0.1) is 0 Å². The topological polar surface area (TPSA) is 34.1 Å². The Balaban J connectivity index is 1.81. The molecule has 1 fully saturated rings. The molecule has 3 nitrogen and oxygen atoms in total. The van der Waals surface area contributed by atoms with Crippen LogP contribution in [0.4, 0.5) is 0 Å². The zero-order chi connectivity index (χ0) is 10.5. The predicted octanol–water partition coefficient (Wildman–Crippen LogP) is 2.19. The largest absolute Gasteiger partial charge is 0.370 e. The van der Waals surface area contributed by atoms with Gasteiger partial charge in [0.25, 0.3) is 0 Å². The van der Waals surface area contributed by atoms with E-state index in [1.165, 1.54) is 25.7 Å².